The first-order valence-corrected chi connectivity index (χ1v) is 5.80. The van der Waals surface area contributed by atoms with Crippen LogP contribution in [0.4, 0.5) is 5.69 Å². The van der Waals surface area contributed by atoms with E-state index in [0.29, 0.717) is 16.5 Å². The van der Waals surface area contributed by atoms with Crippen LogP contribution in [0.15, 0.2) is 30.3 Å². The molecule has 1 rings (SSSR count). The molecular weight excluding hydrogens is 290 g/mol. The second-order valence-electron chi connectivity index (χ2n) is 3.13. The van der Waals surface area contributed by atoms with Crippen molar-refractivity contribution in [2.45, 2.75) is 0 Å². The lowest BCUT2D eigenvalue weighted by Crippen LogP contribution is -1.98. The molecule has 0 heterocycles. The molecule has 0 saturated heterocycles. The van der Waals surface area contributed by atoms with E-state index in [0.717, 1.165) is 0 Å². The van der Waals surface area contributed by atoms with Crippen LogP contribution in [0.1, 0.15) is 5.56 Å². The minimum atomic E-state index is -0.494. The van der Waals surface area contributed by atoms with E-state index in [-0.39, 0.29) is 5.69 Å². The summed E-state index contributed by atoms with van der Waals surface area (Å²) in [5.74, 6) is -0.494. The predicted octanol–water partition coefficient (Wildman–Crippen LogP) is 2.55. The number of rotatable bonds is 4. The number of hydrogen-bond donors (Lipinski definition) is 0. The Balaban J connectivity index is 3.12. The Kier molecular flexibility index (Phi) is 4.84. The van der Waals surface area contributed by atoms with Crippen molar-refractivity contribution >= 4 is 33.2 Å². The molecule has 5 nitrogen and oxygen atoms in total. The molecule has 1 aromatic rings. The van der Waals surface area contributed by atoms with Crippen LogP contribution in [0, 0.1) is 10.1 Å². The summed E-state index contributed by atoms with van der Waals surface area (Å²) in [6, 6.07) is 6.08. The standard InChI is InChI=1S/C11H10BrNO4/c1-17-11(14)6-9(7-12)8-3-2-4-10(5-8)13(15)16/h2-6H,7H2,1H3. The first-order chi connectivity index (χ1) is 8.08. The monoisotopic (exact) mass is 299 g/mol. The molecular formula is C11H10BrNO4. The molecule has 0 aliphatic rings. The fraction of sp³-hybridized carbons (Fsp3) is 0.182. The van der Waals surface area contributed by atoms with Gasteiger partial charge in [-0.15, -0.1) is 0 Å². The van der Waals surface area contributed by atoms with Crippen molar-refractivity contribution in [1.29, 1.82) is 0 Å². The van der Waals surface area contributed by atoms with Crippen molar-refractivity contribution < 1.29 is 14.5 Å². The summed E-state index contributed by atoms with van der Waals surface area (Å²) < 4.78 is 4.51. The number of esters is 1. The summed E-state index contributed by atoms with van der Waals surface area (Å²) in [7, 11) is 1.28. The molecule has 0 bridgehead atoms. The van der Waals surface area contributed by atoms with Gasteiger partial charge in [0, 0.05) is 23.5 Å². The molecule has 0 saturated carbocycles. The van der Waals surface area contributed by atoms with Gasteiger partial charge in [0.2, 0.25) is 0 Å². The Morgan fingerprint density at radius 3 is 2.82 bits per heavy atom. The van der Waals surface area contributed by atoms with E-state index in [1.165, 1.54) is 25.3 Å². The number of hydrogen-bond acceptors (Lipinski definition) is 4. The van der Waals surface area contributed by atoms with E-state index in [2.05, 4.69) is 20.7 Å². The maximum atomic E-state index is 11.1. The minimum Gasteiger partial charge on any atom is -0.466 e. The van der Waals surface area contributed by atoms with E-state index in [4.69, 9.17) is 0 Å². The zero-order valence-corrected chi connectivity index (χ0v) is 10.6. The number of nitrogens with zero attached hydrogens (tertiary/aromatic N) is 1. The second-order valence-corrected chi connectivity index (χ2v) is 3.69. The summed E-state index contributed by atoms with van der Waals surface area (Å²) in [5.41, 5.74) is 1.22. The summed E-state index contributed by atoms with van der Waals surface area (Å²) in [4.78, 5) is 21.3. The number of alkyl halides is 1. The van der Waals surface area contributed by atoms with Gasteiger partial charge in [0.05, 0.1) is 12.0 Å². The number of allylic oxidation sites excluding steroid dienone is 1. The van der Waals surface area contributed by atoms with Gasteiger partial charge in [-0.1, -0.05) is 28.1 Å². The highest BCUT2D eigenvalue weighted by atomic mass is 79.9. The van der Waals surface area contributed by atoms with E-state index in [9.17, 15) is 14.9 Å². The van der Waals surface area contributed by atoms with Gasteiger partial charge in [-0.2, -0.15) is 0 Å². The molecule has 0 radical (unpaired) electrons. The summed E-state index contributed by atoms with van der Waals surface area (Å²) in [6.07, 6.45) is 1.30. The van der Waals surface area contributed by atoms with Crippen molar-refractivity contribution in [3.8, 4) is 0 Å². The Bertz CT molecular complexity index is 470. The van der Waals surface area contributed by atoms with Crippen LogP contribution in [0.2, 0.25) is 0 Å². The molecule has 6 heteroatoms. The molecule has 0 amide bonds. The fourth-order valence-corrected chi connectivity index (χ4v) is 1.71. The third kappa shape index (κ3) is 3.67. The van der Waals surface area contributed by atoms with Gasteiger partial charge < -0.3 is 4.74 Å². The lowest BCUT2D eigenvalue weighted by atomic mass is 10.1. The van der Waals surface area contributed by atoms with Gasteiger partial charge in [-0.25, -0.2) is 4.79 Å². The topological polar surface area (TPSA) is 69.4 Å². The van der Waals surface area contributed by atoms with Crippen LogP contribution in [0.25, 0.3) is 5.57 Å². The van der Waals surface area contributed by atoms with E-state index >= 15 is 0 Å². The molecule has 0 atom stereocenters. The average Bonchev–Trinajstić information content (AvgIpc) is 2.35. The minimum absolute atomic E-state index is 0.0146. The van der Waals surface area contributed by atoms with E-state index in [1.807, 2.05) is 0 Å². The quantitative estimate of drug-likeness (QED) is 0.282. The number of methoxy groups -OCH3 is 1. The van der Waals surface area contributed by atoms with Crippen LogP contribution >= 0.6 is 15.9 Å². The summed E-state index contributed by atoms with van der Waals surface area (Å²) >= 11 is 3.23. The molecule has 1 aromatic carbocycles. The highest BCUT2D eigenvalue weighted by molar-refractivity contribution is 9.09. The summed E-state index contributed by atoms with van der Waals surface area (Å²) in [6.45, 7) is 0. The zero-order valence-electron chi connectivity index (χ0n) is 9.05. The van der Waals surface area contributed by atoms with Crippen molar-refractivity contribution in [2.24, 2.45) is 0 Å². The van der Waals surface area contributed by atoms with E-state index in [1.54, 1.807) is 12.1 Å². The Morgan fingerprint density at radius 1 is 1.59 bits per heavy atom. The maximum absolute atomic E-state index is 11.1. The highest BCUT2D eigenvalue weighted by Crippen LogP contribution is 2.21. The van der Waals surface area contributed by atoms with Crippen molar-refractivity contribution in [2.75, 3.05) is 12.4 Å². The van der Waals surface area contributed by atoms with Crippen LogP contribution in [0.3, 0.4) is 0 Å². The Hall–Kier alpha value is -1.69. The van der Waals surface area contributed by atoms with Gasteiger partial charge >= 0.3 is 5.97 Å². The fourth-order valence-electron chi connectivity index (χ4n) is 1.22. The number of nitro benzene ring substituents is 1. The van der Waals surface area contributed by atoms with Crippen LogP contribution in [-0.4, -0.2) is 23.3 Å². The maximum Gasteiger partial charge on any atom is 0.330 e. The Morgan fingerprint density at radius 2 is 2.29 bits per heavy atom. The normalized spacial score (nSPS) is 11.1. The van der Waals surface area contributed by atoms with Gasteiger partial charge in [-0.05, 0) is 11.1 Å². The first kappa shape index (κ1) is 13.4. The van der Waals surface area contributed by atoms with Gasteiger partial charge in [-0.3, -0.25) is 10.1 Å². The highest BCUT2D eigenvalue weighted by Gasteiger charge is 2.09. The number of halogens is 1. The van der Waals surface area contributed by atoms with Crippen LogP contribution in [-0.2, 0) is 9.53 Å². The number of nitro groups is 1. The number of carbonyl (C=O) groups is 1. The molecule has 0 fully saturated rings. The molecule has 90 valence electrons. The smallest absolute Gasteiger partial charge is 0.330 e. The second kappa shape index (κ2) is 6.15. The molecule has 17 heavy (non-hydrogen) atoms. The summed E-state index contributed by atoms with van der Waals surface area (Å²) in [5, 5.41) is 11.0. The first-order valence-electron chi connectivity index (χ1n) is 4.67. The Labute approximate surface area is 106 Å². The molecule has 0 aromatic heterocycles. The van der Waals surface area contributed by atoms with E-state index < -0.39 is 10.9 Å². The van der Waals surface area contributed by atoms with Crippen molar-refractivity contribution in [3.63, 3.8) is 0 Å². The number of ether oxygens (including phenoxy) is 1. The number of benzene rings is 1. The van der Waals surface area contributed by atoms with Crippen molar-refractivity contribution in [1.82, 2.24) is 0 Å². The van der Waals surface area contributed by atoms with Gasteiger partial charge in [0.25, 0.3) is 5.69 Å². The SMILES string of the molecule is COC(=O)C=C(CBr)c1cccc([N+](=O)[O-])c1. The van der Waals surface area contributed by atoms with Crippen LogP contribution in [0.5, 0.6) is 0 Å². The number of non-ortho nitro benzene ring substituents is 1. The third-order valence-corrected chi connectivity index (χ3v) is 2.67. The largest absolute Gasteiger partial charge is 0.466 e. The lowest BCUT2D eigenvalue weighted by Gasteiger charge is -2.03. The lowest BCUT2D eigenvalue weighted by molar-refractivity contribution is -0.384. The molecule has 0 spiro atoms. The van der Waals surface area contributed by atoms with Gasteiger partial charge in [0.1, 0.15) is 0 Å². The average molecular weight is 300 g/mol. The van der Waals surface area contributed by atoms with Crippen LogP contribution < -0.4 is 0 Å². The predicted molar refractivity (Wildman–Crippen MR) is 66.9 cm³/mol. The third-order valence-electron chi connectivity index (χ3n) is 2.06. The zero-order chi connectivity index (χ0) is 12.8. The molecule has 0 unspecified atom stereocenters. The molecule has 0 aliphatic carbocycles. The van der Waals surface area contributed by atoms with Crippen molar-refractivity contribution in [3.05, 3.63) is 46.0 Å². The molecule has 0 N–H and O–H groups in total. The molecule has 0 aliphatic heterocycles. The number of carbonyl (C=O) groups excluding carboxylic acids is 1. The van der Waals surface area contributed by atoms with Gasteiger partial charge in [0.15, 0.2) is 0 Å².